The van der Waals surface area contributed by atoms with Gasteiger partial charge in [-0.1, -0.05) is 11.6 Å². The van der Waals surface area contributed by atoms with Crippen LogP contribution in [0.25, 0.3) is 0 Å². The second kappa shape index (κ2) is 6.03. The highest BCUT2D eigenvalue weighted by molar-refractivity contribution is 6.33. The standard InChI is InChI=1S/C11H14ClN3O4/c1-18-9(16)7-15-11(17)10(12)8(6-13-15)14-2-4-19-5-3-14/h6H,2-5,7H2,1H3. The molecule has 0 amide bonds. The van der Waals surface area contributed by atoms with E-state index in [1.165, 1.54) is 13.3 Å². The lowest BCUT2D eigenvalue weighted by Crippen LogP contribution is -2.38. The summed E-state index contributed by atoms with van der Waals surface area (Å²) in [5.74, 6) is -0.551. The number of halogens is 1. The summed E-state index contributed by atoms with van der Waals surface area (Å²) < 4.78 is 10.7. The van der Waals surface area contributed by atoms with Crippen LogP contribution in [-0.2, 0) is 20.8 Å². The van der Waals surface area contributed by atoms with Crippen LogP contribution in [-0.4, -0.2) is 49.2 Å². The van der Waals surface area contributed by atoms with E-state index in [4.69, 9.17) is 16.3 Å². The van der Waals surface area contributed by atoms with Crippen molar-refractivity contribution in [3.8, 4) is 0 Å². The lowest BCUT2D eigenvalue weighted by molar-refractivity contribution is -0.141. The third kappa shape index (κ3) is 3.05. The first-order valence-electron chi connectivity index (χ1n) is 5.78. The quantitative estimate of drug-likeness (QED) is 0.723. The molecular formula is C11H14ClN3O4. The number of methoxy groups -OCH3 is 1. The Morgan fingerprint density at radius 2 is 2.21 bits per heavy atom. The Balaban J connectivity index is 2.26. The van der Waals surface area contributed by atoms with E-state index in [0.717, 1.165) is 4.68 Å². The molecule has 8 heteroatoms. The topological polar surface area (TPSA) is 73.7 Å². The van der Waals surface area contributed by atoms with Crippen molar-refractivity contribution in [3.05, 3.63) is 21.6 Å². The number of morpholine rings is 1. The molecule has 0 bridgehead atoms. The van der Waals surface area contributed by atoms with Crippen LogP contribution in [0, 0.1) is 0 Å². The number of rotatable bonds is 3. The summed E-state index contributed by atoms with van der Waals surface area (Å²) in [7, 11) is 1.25. The number of hydrogen-bond acceptors (Lipinski definition) is 6. The molecular weight excluding hydrogens is 274 g/mol. The maximum absolute atomic E-state index is 12.0. The molecule has 1 aromatic rings. The summed E-state index contributed by atoms with van der Waals surface area (Å²) in [6.07, 6.45) is 1.48. The SMILES string of the molecule is COC(=O)Cn1ncc(N2CCOCC2)c(Cl)c1=O. The molecule has 2 heterocycles. The lowest BCUT2D eigenvalue weighted by atomic mass is 10.3. The van der Waals surface area contributed by atoms with Crippen LogP contribution >= 0.6 is 11.6 Å². The third-order valence-electron chi connectivity index (χ3n) is 2.82. The average molecular weight is 288 g/mol. The van der Waals surface area contributed by atoms with E-state index < -0.39 is 11.5 Å². The summed E-state index contributed by atoms with van der Waals surface area (Å²) in [6.45, 7) is 2.23. The Morgan fingerprint density at radius 3 is 2.84 bits per heavy atom. The number of hydrogen-bond donors (Lipinski definition) is 0. The molecule has 1 aromatic heterocycles. The van der Waals surface area contributed by atoms with Crippen LogP contribution in [0.2, 0.25) is 5.02 Å². The molecule has 19 heavy (non-hydrogen) atoms. The maximum Gasteiger partial charge on any atom is 0.327 e. The zero-order valence-electron chi connectivity index (χ0n) is 10.5. The predicted molar refractivity (Wildman–Crippen MR) is 68.6 cm³/mol. The number of carbonyl (C=O) groups is 1. The van der Waals surface area contributed by atoms with Gasteiger partial charge in [-0.2, -0.15) is 5.10 Å². The van der Waals surface area contributed by atoms with Gasteiger partial charge < -0.3 is 14.4 Å². The molecule has 0 saturated carbocycles. The van der Waals surface area contributed by atoms with E-state index in [0.29, 0.717) is 32.0 Å². The van der Waals surface area contributed by atoms with Gasteiger partial charge in [-0.05, 0) is 0 Å². The smallest absolute Gasteiger partial charge is 0.327 e. The number of ether oxygens (including phenoxy) is 2. The van der Waals surface area contributed by atoms with Crippen LogP contribution < -0.4 is 10.5 Å². The van der Waals surface area contributed by atoms with Crippen LogP contribution in [0.5, 0.6) is 0 Å². The molecule has 1 fully saturated rings. The van der Waals surface area contributed by atoms with Crippen LogP contribution in [0.15, 0.2) is 11.0 Å². The third-order valence-corrected chi connectivity index (χ3v) is 3.18. The highest BCUT2D eigenvalue weighted by atomic mass is 35.5. The Kier molecular flexibility index (Phi) is 4.39. The largest absolute Gasteiger partial charge is 0.468 e. The van der Waals surface area contributed by atoms with Gasteiger partial charge in [0.1, 0.15) is 11.6 Å². The molecule has 0 unspecified atom stereocenters. The number of nitrogens with zero attached hydrogens (tertiary/aromatic N) is 3. The van der Waals surface area contributed by atoms with Gasteiger partial charge in [0, 0.05) is 13.1 Å². The van der Waals surface area contributed by atoms with Gasteiger partial charge in [-0.3, -0.25) is 9.59 Å². The minimum absolute atomic E-state index is 0.0563. The molecule has 1 aliphatic heterocycles. The summed E-state index contributed by atoms with van der Waals surface area (Å²) >= 11 is 6.05. The van der Waals surface area contributed by atoms with E-state index in [1.807, 2.05) is 4.90 Å². The summed E-state index contributed by atoms with van der Waals surface area (Å²) in [5.41, 5.74) is 0.0622. The highest BCUT2D eigenvalue weighted by Crippen LogP contribution is 2.21. The van der Waals surface area contributed by atoms with Gasteiger partial charge in [0.25, 0.3) is 5.56 Å². The molecule has 0 aliphatic carbocycles. The molecule has 0 aromatic carbocycles. The van der Waals surface area contributed by atoms with Crippen molar-refractivity contribution in [1.82, 2.24) is 9.78 Å². The van der Waals surface area contributed by atoms with E-state index >= 15 is 0 Å². The van der Waals surface area contributed by atoms with Gasteiger partial charge >= 0.3 is 5.97 Å². The minimum atomic E-state index is -0.551. The van der Waals surface area contributed by atoms with Gasteiger partial charge in [0.15, 0.2) is 0 Å². The number of carbonyl (C=O) groups excluding carboxylic acids is 1. The first kappa shape index (κ1) is 13.8. The summed E-state index contributed by atoms with van der Waals surface area (Å²) in [4.78, 5) is 25.1. The van der Waals surface area contributed by atoms with E-state index in [2.05, 4.69) is 9.84 Å². The van der Waals surface area contributed by atoms with Crippen molar-refractivity contribution in [2.45, 2.75) is 6.54 Å². The van der Waals surface area contributed by atoms with Crippen LogP contribution in [0.4, 0.5) is 5.69 Å². The molecule has 1 saturated heterocycles. The fourth-order valence-electron chi connectivity index (χ4n) is 1.78. The number of anilines is 1. The fraction of sp³-hybridized carbons (Fsp3) is 0.545. The molecule has 0 N–H and O–H groups in total. The molecule has 104 valence electrons. The van der Waals surface area contributed by atoms with E-state index in [9.17, 15) is 9.59 Å². The molecule has 0 atom stereocenters. The van der Waals surface area contributed by atoms with Crippen molar-refractivity contribution in [2.75, 3.05) is 38.3 Å². The van der Waals surface area contributed by atoms with Crippen molar-refractivity contribution in [3.63, 3.8) is 0 Å². The van der Waals surface area contributed by atoms with E-state index in [1.54, 1.807) is 0 Å². The van der Waals surface area contributed by atoms with Crippen molar-refractivity contribution in [2.24, 2.45) is 0 Å². The predicted octanol–water partition coefficient (Wildman–Crippen LogP) is -0.0937. The number of aromatic nitrogens is 2. The van der Waals surface area contributed by atoms with Gasteiger partial charge in [0.2, 0.25) is 0 Å². The Morgan fingerprint density at radius 1 is 1.53 bits per heavy atom. The van der Waals surface area contributed by atoms with Gasteiger partial charge in [0.05, 0.1) is 32.2 Å². The van der Waals surface area contributed by atoms with Crippen molar-refractivity contribution in [1.29, 1.82) is 0 Å². The van der Waals surface area contributed by atoms with E-state index in [-0.39, 0.29) is 11.6 Å². The molecule has 1 aliphatic rings. The average Bonchev–Trinajstić information content (AvgIpc) is 2.45. The maximum atomic E-state index is 12.0. The Bertz CT molecular complexity index is 525. The first-order chi connectivity index (χ1) is 9.13. The second-order valence-electron chi connectivity index (χ2n) is 3.98. The van der Waals surface area contributed by atoms with Crippen LogP contribution in [0.3, 0.4) is 0 Å². The number of esters is 1. The molecule has 2 rings (SSSR count). The van der Waals surface area contributed by atoms with Crippen molar-refractivity contribution >= 4 is 23.3 Å². The minimum Gasteiger partial charge on any atom is -0.468 e. The Labute approximate surface area is 114 Å². The molecule has 0 spiro atoms. The fourth-order valence-corrected chi connectivity index (χ4v) is 2.05. The lowest BCUT2D eigenvalue weighted by Gasteiger charge is -2.29. The summed E-state index contributed by atoms with van der Waals surface area (Å²) in [5, 5.41) is 3.99. The van der Waals surface area contributed by atoms with Gasteiger partial charge in [-0.25, -0.2) is 4.68 Å². The molecule has 7 nitrogen and oxygen atoms in total. The Hall–Kier alpha value is -1.60. The highest BCUT2D eigenvalue weighted by Gasteiger charge is 2.18. The monoisotopic (exact) mass is 287 g/mol. The zero-order chi connectivity index (χ0) is 13.8. The summed E-state index contributed by atoms with van der Waals surface area (Å²) in [6, 6.07) is 0. The normalized spacial score (nSPS) is 15.4. The van der Waals surface area contributed by atoms with Gasteiger partial charge in [-0.15, -0.1) is 0 Å². The first-order valence-corrected chi connectivity index (χ1v) is 6.16. The second-order valence-corrected chi connectivity index (χ2v) is 4.36. The van der Waals surface area contributed by atoms with Crippen molar-refractivity contribution < 1.29 is 14.3 Å². The van der Waals surface area contributed by atoms with Crippen LogP contribution in [0.1, 0.15) is 0 Å². The zero-order valence-corrected chi connectivity index (χ0v) is 11.2. The molecule has 0 radical (unpaired) electrons.